The fourth-order valence-electron chi connectivity index (χ4n) is 3.20. The monoisotopic (exact) mass is 357 g/mol. The third kappa shape index (κ3) is 3.63. The summed E-state index contributed by atoms with van der Waals surface area (Å²) in [6.45, 7) is 3.90. The highest BCUT2D eigenvalue weighted by molar-refractivity contribution is 6.31. The summed E-state index contributed by atoms with van der Waals surface area (Å²) < 4.78 is 11.3. The summed E-state index contributed by atoms with van der Waals surface area (Å²) in [6.07, 6.45) is 0. The Balaban J connectivity index is 1.56. The number of para-hydroxylation sites is 2. The van der Waals surface area contributed by atoms with E-state index in [9.17, 15) is 0 Å². The minimum Gasteiger partial charge on any atom is -0.424 e. The van der Waals surface area contributed by atoms with Gasteiger partial charge in [-0.2, -0.15) is 4.98 Å². The van der Waals surface area contributed by atoms with Crippen molar-refractivity contribution >= 4 is 28.7 Å². The van der Waals surface area contributed by atoms with Gasteiger partial charge in [0.15, 0.2) is 5.58 Å². The molecule has 4 rings (SSSR count). The van der Waals surface area contributed by atoms with Gasteiger partial charge in [0, 0.05) is 24.7 Å². The van der Waals surface area contributed by atoms with Crippen LogP contribution in [0.15, 0.2) is 52.9 Å². The second kappa shape index (κ2) is 7.44. The number of rotatable bonds is 5. The zero-order chi connectivity index (χ0) is 17.1. The molecule has 0 spiro atoms. The van der Waals surface area contributed by atoms with Crippen molar-refractivity contribution in [1.82, 2.24) is 9.88 Å². The van der Waals surface area contributed by atoms with Gasteiger partial charge in [-0.05, 0) is 23.8 Å². The Hall–Kier alpha value is -2.08. The first-order chi connectivity index (χ1) is 12.3. The number of morpholine rings is 1. The summed E-state index contributed by atoms with van der Waals surface area (Å²) in [5, 5.41) is 4.11. The highest BCUT2D eigenvalue weighted by atomic mass is 35.5. The van der Waals surface area contributed by atoms with Gasteiger partial charge in [0.1, 0.15) is 5.52 Å². The van der Waals surface area contributed by atoms with Crippen molar-refractivity contribution < 1.29 is 9.15 Å². The standard InChI is InChI=1S/C19H20ClN3O2/c20-15-6-2-1-5-14(15)17(23-9-11-24-12-10-23)13-21-19-22-16-7-3-4-8-18(16)25-19/h1-8,17H,9-13H2,(H,21,22)/t17-/m0/s1. The molecular formula is C19H20ClN3O2. The van der Waals surface area contributed by atoms with E-state index in [1.54, 1.807) is 0 Å². The van der Waals surface area contributed by atoms with Gasteiger partial charge in [-0.3, -0.25) is 4.90 Å². The maximum atomic E-state index is 6.46. The Morgan fingerprint density at radius 1 is 1.08 bits per heavy atom. The third-order valence-corrected chi connectivity index (χ3v) is 4.84. The number of oxazole rings is 1. The molecule has 1 saturated heterocycles. The van der Waals surface area contributed by atoms with Crippen LogP contribution < -0.4 is 5.32 Å². The van der Waals surface area contributed by atoms with Crippen LogP contribution in [0.1, 0.15) is 11.6 Å². The summed E-state index contributed by atoms with van der Waals surface area (Å²) in [5.74, 6) is 0. The highest BCUT2D eigenvalue weighted by Gasteiger charge is 2.24. The Morgan fingerprint density at radius 3 is 2.64 bits per heavy atom. The molecule has 130 valence electrons. The molecule has 2 aromatic carbocycles. The van der Waals surface area contributed by atoms with Crippen molar-refractivity contribution in [3.63, 3.8) is 0 Å². The Kier molecular flexibility index (Phi) is 4.88. The number of nitrogens with one attached hydrogen (secondary N) is 1. The minimum absolute atomic E-state index is 0.132. The fraction of sp³-hybridized carbons (Fsp3) is 0.316. The smallest absolute Gasteiger partial charge is 0.295 e. The SMILES string of the molecule is Clc1ccccc1[C@H](CNc1nc2ccccc2o1)N1CCOCC1. The second-order valence-electron chi connectivity index (χ2n) is 6.05. The molecule has 3 aromatic rings. The molecule has 0 radical (unpaired) electrons. The van der Waals surface area contributed by atoms with E-state index < -0.39 is 0 Å². The van der Waals surface area contributed by atoms with E-state index in [1.165, 1.54) is 0 Å². The molecule has 1 aliphatic rings. The van der Waals surface area contributed by atoms with Crippen molar-refractivity contribution in [2.45, 2.75) is 6.04 Å². The van der Waals surface area contributed by atoms with Gasteiger partial charge in [-0.25, -0.2) is 0 Å². The lowest BCUT2D eigenvalue weighted by Crippen LogP contribution is -2.41. The normalized spacial score (nSPS) is 16.8. The lowest BCUT2D eigenvalue weighted by atomic mass is 10.0. The number of halogens is 1. The zero-order valence-electron chi connectivity index (χ0n) is 13.8. The molecule has 1 aliphatic heterocycles. The summed E-state index contributed by atoms with van der Waals surface area (Å²) >= 11 is 6.46. The number of nitrogens with zero attached hydrogens (tertiary/aromatic N) is 2. The summed E-state index contributed by atoms with van der Waals surface area (Å²) in [5.41, 5.74) is 2.74. The van der Waals surface area contributed by atoms with Crippen LogP contribution in [0.3, 0.4) is 0 Å². The Morgan fingerprint density at radius 2 is 1.84 bits per heavy atom. The molecule has 25 heavy (non-hydrogen) atoms. The number of hydrogen-bond acceptors (Lipinski definition) is 5. The van der Waals surface area contributed by atoms with E-state index in [-0.39, 0.29) is 6.04 Å². The number of ether oxygens (including phenoxy) is 1. The lowest BCUT2D eigenvalue weighted by molar-refractivity contribution is 0.0186. The van der Waals surface area contributed by atoms with Crippen molar-refractivity contribution in [1.29, 1.82) is 0 Å². The predicted octanol–water partition coefficient (Wildman–Crippen LogP) is 3.97. The lowest BCUT2D eigenvalue weighted by Gasteiger charge is -2.35. The van der Waals surface area contributed by atoms with Gasteiger partial charge < -0.3 is 14.5 Å². The van der Waals surface area contributed by atoms with E-state index in [4.69, 9.17) is 20.8 Å². The predicted molar refractivity (Wildman–Crippen MR) is 99.1 cm³/mol. The van der Waals surface area contributed by atoms with Gasteiger partial charge in [0.05, 0.1) is 19.3 Å². The highest BCUT2D eigenvalue weighted by Crippen LogP contribution is 2.29. The molecule has 0 unspecified atom stereocenters. The van der Waals surface area contributed by atoms with Crippen molar-refractivity contribution in [3.05, 3.63) is 59.1 Å². The van der Waals surface area contributed by atoms with Crippen molar-refractivity contribution in [2.75, 3.05) is 38.2 Å². The van der Waals surface area contributed by atoms with Gasteiger partial charge in [-0.1, -0.05) is 41.9 Å². The third-order valence-electron chi connectivity index (χ3n) is 4.49. The molecule has 1 atom stereocenters. The Labute approximate surface area is 151 Å². The maximum Gasteiger partial charge on any atom is 0.295 e. The first-order valence-corrected chi connectivity index (χ1v) is 8.85. The maximum absolute atomic E-state index is 6.46. The van der Waals surface area contributed by atoms with Crippen LogP contribution >= 0.6 is 11.6 Å². The first kappa shape index (κ1) is 16.4. The number of anilines is 1. The number of benzene rings is 2. The molecule has 5 nitrogen and oxygen atoms in total. The molecule has 6 heteroatoms. The zero-order valence-corrected chi connectivity index (χ0v) is 14.6. The first-order valence-electron chi connectivity index (χ1n) is 8.47. The van der Waals surface area contributed by atoms with Crippen LogP contribution in [-0.4, -0.2) is 42.7 Å². The average Bonchev–Trinajstić information content (AvgIpc) is 3.07. The van der Waals surface area contributed by atoms with Crippen LogP contribution in [0.2, 0.25) is 5.02 Å². The minimum atomic E-state index is 0.132. The molecule has 2 heterocycles. The summed E-state index contributed by atoms with van der Waals surface area (Å²) in [6, 6.07) is 16.4. The van der Waals surface area contributed by atoms with E-state index in [0.717, 1.165) is 48.0 Å². The molecule has 1 aromatic heterocycles. The Bertz CT molecular complexity index is 812. The van der Waals surface area contributed by atoms with Gasteiger partial charge in [-0.15, -0.1) is 0 Å². The second-order valence-corrected chi connectivity index (χ2v) is 6.46. The van der Waals surface area contributed by atoms with Crippen molar-refractivity contribution in [3.8, 4) is 0 Å². The van der Waals surface area contributed by atoms with E-state index in [1.807, 2.05) is 42.5 Å². The number of aromatic nitrogens is 1. The van der Waals surface area contributed by atoms with E-state index in [2.05, 4.69) is 21.3 Å². The average molecular weight is 358 g/mol. The van der Waals surface area contributed by atoms with Crippen LogP contribution in [0.4, 0.5) is 6.01 Å². The van der Waals surface area contributed by atoms with Gasteiger partial charge >= 0.3 is 0 Å². The van der Waals surface area contributed by atoms with Crippen LogP contribution in [0, 0.1) is 0 Å². The topological polar surface area (TPSA) is 50.5 Å². The van der Waals surface area contributed by atoms with Crippen LogP contribution in [-0.2, 0) is 4.74 Å². The van der Waals surface area contributed by atoms with E-state index >= 15 is 0 Å². The number of fused-ring (bicyclic) bond motifs is 1. The molecular weight excluding hydrogens is 338 g/mol. The fourth-order valence-corrected chi connectivity index (χ4v) is 3.46. The molecule has 0 bridgehead atoms. The largest absolute Gasteiger partial charge is 0.424 e. The molecule has 0 saturated carbocycles. The van der Waals surface area contributed by atoms with Crippen LogP contribution in [0.25, 0.3) is 11.1 Å². The van der Waals surface area contributed by atoms with Crippen LogP contribution in [0.5, 0.6) is 0 Å². The van der Waals surface area contributed by atoms with Gasteiger partial charge in [0.25, 0.3) is 6.01 Å². The quantitative estimate of drug-likeness (QED) is 0.748. The van der Waals surface area contributed by atoms with Crippen molar-refractivity contribution in [2.24, 2.45) is 0 Å². The van der Waals surface area contributed by atoms with Gasteiger partial charge in [0.2, 0.25) is 0 Å². The molecule has 1 fully saturated rings. The molecule has 0 amide bonds. The number of hydrogen-bond donors (Lipinski definition) is 1. The molecule has 1 N–H and O–H groups in total. The van der Waals surface area contributed by atoms with E-state index in [0.29, 0.717) is 12.6 Å². The summed E-state index contributed by atoms with van der Waals surface area (Å²) in [7, 11) is 0. The molecule has 0 aliphatic carbocycles. The summed E-state index contributed by atoms with van der Waals surface area (Å²) in [4.78, 5) is 6.88.